The largest absolute Gasteiger partial charge is 0.371 e. The molecule has 0 radical (unpaired) electrons. The molecule has 2 aromatic rings. The van der Waals surface area contributed by atoms with Crippen LogP contribution in [0.15, 0.2) is 35.3 Å². The third-order valence-corrected chi connectivity index (χ3v) is 4.29. The maximum atomic E-state index is 5.87. The molecule has 28 heavy (non-hydrogen) atoms. The fraction of sp³-hybridized carbons (Fsp3) is 0.545. The van der Waals surface area contributed by atoms with Gasteiger partial charge in [-0.2, -0.15) is 5.10 Å². The number of benzene rings is 1. The molecule has 1 heterocycles. The van der Waals surface area contributed by atoms with Crippen molar-refractivity contribution in [2.45, 2.75) is 66.3 Å². The molecule has 2 N–H and O–H groups in total. The zero-order valence-corrected chi connectivity index (χ0v) is 18.2. The van der Waals surface area contributed by atoms with Crippen molar-refractivity contribution in [3.05, 3.63) is 52.8 Å². The van der Waals surface area contributed by atoms with Crippen molar-refractivity contribution in [2.75, 3.05) is 13.6 Å². The highest BCUT2D eigenvalue weighted by atomic mass is 16.5. The fourth-order valence-electron chi connectivity index (χ4n) is 2.87. The number of aliphatic imine (C=N–C) groups is 1. The van der Waals surface area contributed by atoms with E-state index < -0.39 is 0 Å². The lowest BCUT2D eigenvalue weighted by Gasteiger charge is -2.19. The second-order valence-electron chi connectivity index (χ2n) is 8.08. The van der Waals surface area contributed by atoms with Crippen molar-refractivity contribution in [3.63, 3.8) is 0 Å². The fourth-order valence-corrected chi connectivity index (χ4v) is 2.87. The standard InChI is InChI=1S/C22H35N5O/c1-17-13-18(2)27(26-17)12-8-11-24-21(23-6)25-15-19-9-7-10-20(14-19)16-28-22(3,4)5/h7,9-10,13-14H,8,11-12,15-16H2,1-6H3,(H2,23,24,25). The average Bonchev–Trinajstić information content (AvgIpc) is 2.96. The van der Waals surface area contributed by atoms with Gasteiger partial charge in [-0.3, -0.25) is 9.67 Å². The predicted molar refractivity (Wildman–Crippen MR) is 116 cm³/mol. The smallest absolute Gasteiger partial charge is 0.191 e. The topological polar surface area (TPSA) is 63.5 Å². The minimum absolute atomic E-state index is 0.131. The molecule has 0 fully saturated rings. The predicted octanol–water partition coefficient (Wildman–Crippen LogP) is 3.57. The Bertz CT molecular complexity index is 773. The number of hydrogen-bond acceptors (Lipinski definition) is 3. The molecule has 154 valence electrons. The molecule has 2 rings (SSSR count). The monoisotopic (exact) mass is 385 g/mol. The average molecular weight is 386 g/mol. The number of aromatic nitrogens is 2. The van der Waals surface area contributed by atoms with Gasteiger partial charge < -0.3 is 15.4 Å². The number of nitrogens with zero attached hydrogens (tertiary/aromatic N) is 3. The second kappa shape index (κ2) is 10.3. The van der Waals surface area contributed by atoms with E-state index in [1.54, 1.807) is 7.05 Å². The van der Waals surface area contributed by atoms with Crippen LogP contribution in [0.1, 0.15) is 49.7 Å². The third-order valence-electron chi connectivity index (χ3n) is 4.29. The summed E-state index contributed by atoms with van der Waals surface area (Å²) in [5.41, 5.74) is 4.53. The van der Waals surface area contributed by atoms with Crippen LogP contribution in [0.3, 0.4) is 0 Å². The van der Waals surface area contributed by atoms with E-state index in [1.165, 1.54) is 16.8 Å². The van der Waals surface area contributed by atoms with Crippen molar-refractivity contribution in [1.82, 2.24) is 20.4 Å². The van der Waals surface area contributed by atoms with Crippen molar-refractivity contribution in [3.8, 4) is 0 Å². The van der Waals surface area contributed by atoms with E-state index >= 15 is 0 Å². The van der Waals surface area contributed by atoms with Crippen molar-refractivity contribution in [2.24, 2.45) is 4.99 Å². The molecule has 0 aliphatic rings. The molecule has 0 atom stereocenters. The molecule has 6 heteroatoms. The van der Waals surface area contributed by atoms with E-state index in [0.29, 0.717) is 6.61 Å². The normalized spacial score (nSPS) is 12.3. The summed E-state index contributed by atoms with van der Waals surface area (Å²) >= 11 is 0. The Morgan fingerprint density at radius 3 is 2.54 bits per heavy atom. The summed E-state index contributed by atoms with van der Waals surface area (Å²) < 4.78 is 7.92. The number of rotatable bonds is 8. The van der Waals surface area contributed by atoms with Crippen LogP contribution in [0.25, 0.3) is 0 Å². The van der Waals surface area contributed by atoms with Gasteiger partial charge in [0.1, 0.15) is 0 Å². The highest BCUT2D eigenvalue weighted by Crippen LogP contribution is 2.13. The van der Waals surface area contributed by atoms with Gasteiger partial charge in [-0.25, -0.2) is 0 Å². The summed E-state index contributed by atoms with van der Waals surface area (Å²) in [7, 11) is 1.80. The molecule has 0 aliphatic carbocycles. The molecule has 1 aromatic heterocycles. The Morgan fingerprint density at radius 1 is 1.14 bits per heavy atom. The van der Waals surface area contributed by atoms with Crippen LogP contribution >= 0.6 is 0 Å². The highest BCUT2D eigenvalue weighted by Gasteiger charge is 2.10. The van der Waals surface area contributed by atoms with Gasteiger partial charge in [0.25, 0.3) is 0 Å². The Labute approximate surface area is 169 Å². The summed E-state index contributed by atoms with van der Waals surface area (Å²) in [5, 5.41) is 11.2. The molecular formula is C22H35N5O. The molecule has 0 saturated heterocycles. The number of ether oxygens (including phenoxy) is 1. The zero-order chi connectivity index (χ0) is 20.6. The number of nitrogens with one attached hydrogen (secondary N) is 2. The second-order valence-corrected chi connectivity index (χ2v) is 8.08. The number of aryl methyl sites for hydroxylation is 3. The van der Waals surface area contributed by atoms with Gasteiger partial charge in [0.05, 0.1) is 17.9 Å². The van der Waals surface area contributed by atoms with Crippen LogP contribution in [0, 0.1) is 13.8 Å². The van der Waals surface area contributed by atoms with Crippen LogP contribution < -0.4 is 10.6 Å². The Kier molecular flexibility index (Phi) is 8.05. The van der Waals surface area contributed by atoms with Gasteiger partial charge in [-0.05, 0) is 58.2 Å². The minimum Gasteiger partial charge on any atom is -0.371 e. The molecule has 0 spiro atoms. The Hall–Kier alpha value is -2.34. The van der Waals surface area contributed by atoms with E-state index in [4.69, 9.17) is 4.74 Å². The first-order valence-electron chi connectivity index (χ1n) is 9.94. The van der Waals surface area contributed by atoms with Crippen LogP contribution in [0.5, 0.6) is 0 Å². The molecule has 0 saturated carbocycles. The van der Waals surface area contributed by atoms with E-state index in [-0.39, 0.29) is 5.60 Å². The molecule has 1 aromatic carbocycles. The summed E-state index contributed by atoms with van der Waals surface area (Å²) in [4.78, 5) is 4.31. The van der Waals surface area contributed by atoms with Gasteiger partial charge in [0.2, 0.25) is 0 Å². The molecule has 0 unspecified atom stereocenters. The molecule has 6 nitrogen and oxygen atoms in total. The van der Waals surface area contributed by atoms with E-state index in [2.05, 4.69) is 83.4 Å². The minimum atomic E-state index is -0.131. The van der Waals surface area contributed by atoms with Crippen LogP contribution in [0.4, 0.5) is 0 Å². The SMILES string of the molecule is CN=C(NCCCn1nc(C)cc1C)NCc1cccc(COC(C)(C)C)c1. The Balaban J connectivity index is 1.75. The molecule has 0 bridgehead atoms. The van der Waals surface area contributed by atoms with Crippen LogP contribution in [-0.4, -0.2) is 34.9 Å². The van der Waals surface area contributed by atoms with E-state index in [9.17, 15) is 0 Å². The number of hydrogen-bond donors (Lipinski definition) is 2. The highest BCUT2D eigenvalue weighted by molar-refractivity contribution is 5.79. The zero-order valence-electron chi connectivity index (χ0n) is 18.2. The van der Waals surface area contributed by atoms with Crippen LogP contribution in [-0.2, 0) is 24.4 Å². The van der Waals surface area contributed by atoms with Crippen molar-refractivity contribution < 1.29 is 4.74 Å². The molecule has 0 amide bonds. The third kappa shape index (κ3) is 7.72. The molecular weight excluding hydrogens is 350 g/mol. The van der Waals surface area contributed by atoms with Gasteiger partial charge >= 0.3 is 0 Å². The maximum absolute atomic E-state index is 5.87. The van der Waals surface area contributed by atoms with Gasteiger partial charge in [0, 0.05) is 32.4 Å². The summed E-state index contributed by atoms with van der Waals surface area (Å²) in [6.45, 7) is 13.4. The lowest BCUT2D eigenvalue weighted by atomic mass is 10.1. The van der Waals surface area contributed by atoms with Gasteiger partial charge in [-0.15, -0.1) is 0 Å². The van der Waals surface area contributed by atoms with Crippen molar-refractivity contribution in [1.29, 1.82) is 0 Å². The first-order valence-corrected chi connectivity index (χ1v) is 9.94. The first kappa shape index (κ1) is 22.0. The quantitative estimate of drug-likeness (QED) is 0.414. The summed E-state index contributed by atoms with van der Waals surface area (Å²) in [6.07, 6.45) is 0.988. The van der Waals surface area contributed by atoms with Crippen LogP contribution in [0.2, 0.25) is 0 Å². The van der Waals surface area contributed by atoms with Gasteiger partial charge in [0.15, 0.2) is 5.96 Å². The summed E-state index contributed by atoms with van der Waals surface area (Å²) in [6, 6.07) is 10.6. The van der Waals surface area contributed by atoms with Gasteiger partial charge in [-0.1, -0.05) is 24.3 Å². The lowest BCUT2D eigenvalue weighted by molar-refractivity contribution is -0.0149. The summed E-state index contributed by atoms with van der Waals surface area (Å²) in [5.74, 6) is 0.810. The Morgan fingerprint density at radius 2 is 1.89 bits per heavy atom. The van der Waals surface area contributed by atoms with E-state index in [1.807, 2.05) is 6.92 Å². The molecule has 0 aliphatic heterocycles. The van der Waals surface area contributed by atoms with Crippen molar-refractivity contribution >= 4 is 5.96 Å². The lowest BCUT2D eigenvalue weighted by Crippen LogP contribution is -2.37. The number of guanidine groups is 1. The first-order chi connectivity index (χ1) is 13.3. The van der Waals surface area contributed by atoms with E-state index in [0.717, 1.165) is 37.7 Å². The maximum Gasteiger partial charge on any atom is 0.191 e.